The van der Waals surface area contributed by atoms with Crippen LogP contribution in [0.5, 0.6) is 5.88 Å². The highest BCUT2D eigenvalue weighted by Gasteiger charge is 2.34. The number of hydrogen-bond acceptors (Lipinski definition) is 4. The van der Waals surface area contributed by atoms with Crippen molar-refractivity contribution in [3.05, 3.63) is 45.0 Å². The summed E-state index contributed by atoms with van der Waals surface area (Å²) in [5, 5.41) is 15.2. The van der Waals surface area contributed by atoms with E-state index in [1.165, 1.54) is 23.3 Å². The summed E-state index contributed by atoms with van der Waals surface area (Å²) < 4.78 is 2.67. The highest BCUT2D eigenvalue weighted by Crippen LogP contribution is 2.35. The number of aromatic nitrogens is 3. The molecule has 0 aliphatic carbocycles. The molecule has 0 amide bonds. The first-order chi connectivity index (χ1) is 11.7. The average Bonchev–Trinajstić information content (AvgIpc) is 3.29. The molecule has 0 bridgehead atoms. The second kappa shape index (κ2) is 6.46. The van der Waals surface area contributed by atoms with E-state index < -0.39 is 0 Å². The second-order valence-electron chi connectivity index (χ2n) is 6.22. The van der Waals surface area contributed by atoms with Crippen molar-refractivity contribution < 1.29 is 10.0 Å². The number of benzene rings is 1. The molecule has 2 aromatic heterocycles. The van der Waals surface area contributed by atoms with Gasteiger partial charge in [0, 0.05) is 29.3 Å². The highest BCUT2D eigenvalue weighted by atomic mass is 79.9. The predicted octanol–water partition coefficient (Wildman–Crippen LogP) is 2.59. The normalized spacial score (nSPS) is 16.9. The number of nitrogens with zero attached hydrogens (tertiary/aromatic N) is 3. The molecular formula is C17H20BrN4OS+. The zero-order chi connectivity index (χ0) is 16.7. The third kappa shape index (κ3) is 2.74. The van der Waals surface area contributed by atoms with Crippen molar-refractivity contribution in [3.63, 3.8) is 0 Å². The molecule has 1 fully saturated rings. The van der Waals surface area contributed by atoms with Crippen LogP contribution in [0.4, 0.5) is 0 Å². The van der Waals surface area contributed by atoms with Crippen molar-refractivity contribution >= 4 is 32.2 Å². The van der Waals surface area contributed by atoms with E-state index in [4.69, 9.17) is 0 Å². The minimum absolute atomic E-state index is 0.138. The van der Waals surface area contributed by atoms with E-state index >= 15 is 0 Å². The summed E-state index contributed by atoms with van der Waals surface area (Å²) in [4.78, 5) is 7.77. The molecule has 1 aromatic carbocycles. The van der Waals surface area contributed by atoms with Crippen molar-refractivity contribution in [2.45, 2.75) is 32.2 Å². The van der Waals surface area contributed by atoms with Gasteiger partial charge in [0.05, 0.1) is 13.1 Å². The standard InChI is InChI=1S/C17H19BrN4OS/c1-2-13-19-17-22(20-13)16(23)15(24-17)14(21-9-3-4-10-21)11-5-7-12(18)8-6-11/h5-8,14,23H,2-4,9-10H2,1H3/p+1/t14-/m0/s1. The van der Waals surface area contributed by atoms with E-state index in [1.54, 1.807) is 15.9 Å². The van der Waals surface area contributed by atoms with E-state index in [-0.39, 0.29) is 11.9 Å². The summed E-state index contributed by atoms with van der Waals surface area (Å²) in [7, 11) is 0. The van der Waals surface area contributed by atoms with Crippen LogP contribution < -0.4 is 4.90 Å². The summed E-state index contributed by atoms with van der Waals surface area (Å²) in [5.74, 6) is 1.02. The van der Waals surface area contributed by atoms with Gasteiger partial charge in [-0.2, -0.15) is 4.52 Å². The molecule has 0 spiro atoms. The molecule has 2 N–H and O–H groups in total. The molecule has 0 radical (unpaired) electrons. The van der Waals surface area contributed by atoms with Crippen molar-refractivity contribution in [2.75, 3.05) is 13.1 Å². The van der Waals surface area contributed by atoms with E-state index in [0.717, 1.165) is 39.6 Å². The average molecular weight is 408 g/mol. The Morgan fingerprint density at radius 2 is 2.00 bits per heavy atom. The largest absolute Gasteiger partial charge is 0.492 e. The van der Waals surface area contributed by atoms with Gasteiger partial charge in [0.2, 0.25) is 10.8 Å². The first-order valence-electron chi connectivity index (χ1n) is 8.34. The van der Waals surface area contributed by atoms with Crippen LogP contribution in [0.25, 0.3) is 4.96 Å². The Morgan fingerprint density at radius 1 is 1.29 bits per heavy atom. The van der Waals surface area contributed by atoms with Gasteiger partial charge in [-0.15, -0.1) is 5.10 Å². The fourth-order valence-electron chi connectivity index (χ4n) is 3.47. The van der Waals surface area contributed by atoms with Gasteiger partial charge < -0.3 is 10.0 Å². The molecule has 4 rings (SSSR count). The third-order valence-electron chi connectivity index (χ3n) is 4.68. The van der Waals surface area contributed by atoms with Gasteiger partial charge in [-0.3, -0.25) is 0 Å². The second-order valence-corrected chi connectivity index (χ2v) is 8.14. The summed E-state index contributed by atoms with van der Waals surface area (Å²) >= 11 is 5.07. The van der Waals surface area contributed by atoms with Gasteiger partial charge in [-0.05, 0) is 12.1 Å². The molecule has 1 aliphatic heterocycles. The van der Waals surface area contributed by atoms with Crippen LogP contribution in [0.3, 0.4) is 0 Å². The molecule has 0 unspecified atom stereocenters. The zero-order valence-corrected chi connectivity index (χ0v) is 15.9. The lowest BCUT2D eigenvalue weighted by atomic mass is 10.0. The molecule has 3 aromatic rings. The number of quaternary nitrogens is 1. The zero-order valence-electron chi connectivity index (χ0n) is 13.5. The van der Waals surface area contributed by atoms with Crippen molar-refractivity contribution in [2.24, 2.45) is 0 Å². The Labute approximate surface area is 153 Å². The number of nitrogens with one attached hydrogen (secondary N) is 1. The van der Waals surface area contributed by atoms with Crippen molar-refractivity contribution in [1.29, 1.82) is 0 Å². The smallest absolute Gasteiger partial charge is 0.235 e. The molecule has 1 saturated heterocycles. The number of rotatable bonds is 4. The number of fused-ring (bicyclic) bond motifs is 1. The summed E-state index contributed by atoms with van der Waals surface area (Å²) in [5.41, 5.74) is 1.23. The maximum atomic E-state index is 10.8. The molecular weight excluding hydrogens is 388 g/mol. The van der Waals surface area contributed by atoms with Gasteiger partial charge in [-0.25, -0.2) is 4.98 Å². The van der Waals surface area contributed by atoms with Gasteiger partial charge >= 0.3 is 0 Å². The summed E-state index contributed by atoms with van der Waals surface area (Å²) in [6.45, 7) is 4.29. The Bertz CT molecular complexity index is 851. The van der Waals surface area contributed by atoms with Crippen LogP contribution in [0.2, 0.25) is 0 Å². The molecule has 0 saturated carbocycles. The monoisotopic (exact) mass is 407 g/mol. The Hall–Kier alpha value is -1.44. The number of aromatic hydroxyl groups is 1. The van der Waals surface area contributed by atoms with Gasteiger partial charge in [-0.1, -0.05) is 46.3 Å². The summed E-state index contributed by atoms with van der Waals surface area (Å²) in [6, 6.07) is 8.57. The first kappa shape index (κ1) is 16.1. The van der Waals surface area contributed by atoms with Gasteiger partial charge in [0.15, 0.2) is 11.9 Å². The van der Waals surface area contributed by atoms with Crippen LogP contribution >= 0.6 is 27.3 Å². The predicted molar refractivity (Wildman–Crippen MR) is 97.8 cm³/mol. The molecule has 24 heavy (non-hydrogen) atoms. The van der Waals surface area contributed by atoms with Crippen LogP contribution in [0.15, 0.2) is 28.7 Å². The maximum Gasteiger partial charge on any atom is 0.235 e. The fraction of sp³-hybridized carbons (Fsp3) is 0.412. The minimum atomic E-state index is 0.138. The Morgan fingerprint density at radius 3 is 2.62 bits per heavy atom. The van der Waals surface area contributed by atoms with Crippen molar-refractivity contribution in [1.82, 2.24) is 14.6 Å². The number of thiazole rings is 1. The lowest BCUT2D eigenvalue weighted by molar-refractivity contribution is -0.913. The van der Waals surface area contributed by atoms with E-state index in [9.17, 15) is 5.11 Å². The molecule has 1 aliphatic rings. The van der Waals surface area contributed by atoms with Crippen LogP contribution in [0, 0.1) is 0 Å². The highest BCUT2D eigenvalue weighted by molar-refractivity contribution is 9.10. The topological polar surface area (TPSA) is 54.9 Å². The summed E-state index contributed by atoms with van der Waals surface area (Å²) in [6.07, 6.45) is 3.25. The molecule has 5 nitrogen and oxygen atoms in total. The molecule has 7 heteroatoms. The number of likely N-dealkylation sites (tertiary alicyclic amines) is 1. The van der Waals surface area contributed by atoms with Crippen molar-refractivity contribution in [3.8, 4) is 5.88 Å². The molecule has 126 valence electrons. The fourth-order valence-corrected chi connectivity index (χ4v) is 4.90. The number of halogens is 1. The number of aryl methyl sites for hydroxylation is 1. The number of hydrogen-bond donors (Lipinski definition) is 2. The van der Waals surface area contributed by atoms with E-state index in [2.05, 4.69) is 50.3 Å². The minimum Gasteiger partial charge on any atom is -0.492 e. The van der Waals surface area contributed by atoms with Gasteiger partial charge in [0.1, 0.15) is 4.88 Å². The lowest BCUT2D eigenvalue weighted by Gasteiger charge is -2.24. The van der Waals surface area contributed by atoms with Crippen LogP contribution in [-0.4, -0.2) is 32.8 Å². The quantitative estimate of drug-likeness (QED) is 0.698. The lowest BCUT2D eigenvalue weighted by Crippen LogP contribution is -3.10. The van der Waals surface area contributed by atoms with Crippen LogP contribution in [0.1, 0.15) is 42.1 Å². The van der Waals surface area contributed by atoms with Crippen LogP contribution in [-0.2, 0) is 6.42 Å². The SMILES string of the molecule is CCc1nc2sc([C@H](c3ccc(Br)cc3)[NH+]3CCCC3)c(O)n2n1. The first-order valence-corrected chi connectivity index (χ1v) is 9.95. The maximum absolute atomic E-state index is 10.8. The Kier molecular flexibility index (Phi) is 4.32. The van der Waals surface area contributed by atoms with E-state index in [0.29, 0.717) is 0 Å². The van der Waals surface area contributed by atoms with E-state index in [1.807, 2.05) is 6.92 Å². The molecule has 1 atom stereocenters. The molecule has 3 heterocycles. The Balaban J connectivity index is 1.82. The van der Waals surface area contributed by atoms with Gasteiger partial charge in [0.25, 0.3) is 0 Å². The third-order valence-corrected chi connectivity index (χ3v) is 6.29.